The summed E-state index contributed by atoms with van der Waals surface area (Å²) in [6.07, 6.45) is -0.131. The summed E-state index contributed by atoms with van der Waals surface area (Å²) in [4.78, 5) is 11.9. The number of hydrogen-bond donors (Lipinski definition) is 1. The van der Waals surface area contributed by atoms with Crippen LogP contribution in [0.3, 0.4) is 0 Å². The van der Waals surface area contributed by atoms with Gasteiger partial charge in [-0.3, -0.25) is 4.79 Å². The number of rotatable bonds is 9. The molecule has 1 aliphatic heterocycles. The Morgan fingerprint density at radius 1 is 1.27 bits per heavy atom. The van der Waals surface area contributed by atoms with Crippen LogP contribution in [0.2, 0.25) is 0 Å². The van der Waals surface area contributed by atoms with Crippen LogP contribution in [0.25, 0.3) is 0 Å². The van der Waals surface area contributed by atoms with E-state index in [4.69, 9.17) is 9.84 Å². The maximum Gasteiger partial charge on any atom is 0.354 e. The first-order chi connectivity index (χ1) is 17.1. The number of ether oxygens (including phenoxy) is 1. The van der Waals surface area contributed by atoms with Gasteiger partial charge >= 0.3 is 11.2 Å². The highest BCUT2D eigenvalue weighted by molar-refractivity contribution is 7.98. The molecular formula is C24H26F5NO5S2. The van der Waals surface area contributed by atoms with Crippen molar-refractivity contribution < 1.29 is 45.0 Å². The quantitative estimate of drug-likeness (QED) is 0.285. The lowest BCUT2D eigenvalue weighted by atomic mass is 9.99. The molecule has 6 nitrogen and oxygen atoms in total. The molecule has 1 aliphatic rings. The fraction of sp³-hybridized carbons (Fsp3) is 0.458. The van der Waals surface area contributed by atoms with E-state index in [1.807, 2.05) is 0 Å². The van der Waals surface area contributed by atoms with Crippen LogP contribution in [0.1, 0.15) is 26.7 Å². The van der Waals surface area contributed by atoms with Crippen molar-refractivity contribution in [2.75, 3.05) is 24.3 Å². The summed E-state index contributed by atoms with van der Waals surface area (Å²) in [6.45, 7) is 0.939. The van der Waals surface area contributed by atoms with Crippen molar-refractivity contribution in [1.29, 1.82) is 0 Å². The van der Waals surface area contributed by atoms with E-state index < -0.39 is 68.9 Å². The highest BCUT2D eigenvalue weighted by Gasteiger charge is 2.56. The number of benzene rings is 2. The van der Waals surface area contributed by atoms with Gasteiger partial charge in [-0.15, -0.1) is 11.8 Å². The first-order valence-corrected chi connectivity index (χ1v) is 13.9. The van der Waals surface area contributed by atoms with Gasteiger partial charge in [0, 0.05) is 24.7 Å². The van der Waals surface area contributed by atoms with Crippen LogP contribution in [-0.4, -0.2) is 50.1 Å². The molecule has 0 fully saturated rings. The number of aliphatic carboxylic acids is 1. The molecule has 13 heteroatoms. The average molecular weight is 568 g/mol. The molecule has 0 amide bonds. The highest BCUT2D eigenvalue weighted by Crippen LogP contribution is 2.50. The Balaban J connectivity index is 2.22. The number of fused-ring (bicyclic) bond motifs is 1. The third kappa shape index (κ3) is 6.14. The zero-order valence-corrected chi connectivity index (χ0v) is 21.8. The number of alkyl halides is 4. The van der Waals surface area contributed by atoms with Gasteiger partial charge in [0.25, 0.3) is 0 Å². The van der Waals surface area contributed by atoms with E-state index in [0.29, 0.717) is 11.8 Å². The number of sulfone groups is 1. The van der Waals surface area contributed by atoms with Crippen molar-refractivity contribution in [2.45, 2.75) is 47.7 Å². The van der Waals surface area contributed by atoms with Gasteiger partial charge in [0.1, 0.15) is 23.1 Å². The van der Waals surface area contributed by atoms with Crippen LogP contribution in [-0.2, 0) is 14.6 Å². The molecule has 0 radical (unpaired) electrons. The number of halogens is 5. The molecule has 0 aliphatic carbocycles. The predicted molar refractivity (Wildman–Crippen MR) is 129 cm³/mol. The second-order valence-electron chi connectivity index (χ2n) is 8.98. The molecule has 1 heterocycles. The molecule has 0 unspecified atom stereocenters. The Morgan fingerprint density at radius 2 is 1.89 bits per heavy atom. The minimum atomic E-state index is -5.42. The van der Waals surface area contributed by atoms with E-state index in [-0.39, 0.29) is 23.7 Å². The van der Waals surface area contributed by atoms with Crippen molar-refractivity contribution >= 4 is 38.9 Å². The molecule has 2 aromatic rings. The maximum absolute atomic E-state index is 15.6. The molecule has 2 aromatic carbocycles. The van der Waals surface area contributed by atoms with Gasteiger partial charge < -0.3 is 14.7 Å². The molecular weight excluding hydrogens is 541 g/mol. The van der Waals surface area contributed by atoms with Crippen molar-refractivity contribution in [3.8, 4) is 5.75 Å². The lowest BCUT2D eigenvalue weighted by Gasteiger charge is -2.30. The highest BCUT2D eigenvalue weighted by atomic mass is 32.2. The summed E-state index contributed by atoms with van der Waals surface area (Å²) in [7, 11) is -5.42. The SMILES string of the molecule is CSc1cc2c(cc1OC[C@@H](C)C(=O)O)S(=O)(=O)C(F)(F)[C@H](CCC(C)(F)F)CN2c1ccc(F)cc1. The van der Waals surface area contributed by atoms with Crippen molar-refractivity contribution in [3.05, 3.63) is 42.2 Å². The van der Waals surface area contributed by atoms with Crippen molar-refractivity contribution in [3.63, 3.8) is 0 Å². The Labute approximate surface area is 215 Å². The second kappa shape index (κ2) is 10.7. The van der Waals surface area contributed by atoms with Crippen molar-refractivity contribution in [2.24, 2.45) is 11.8 Å². The first kappa shape index (κ1) is 29.0. The van der Waals surface area contributed by atoms with Crippen LogP contribution in [0.15, 0.2) is 46.2 Å². The Hall–Kier alpha value is -2.54. The lowest BCUT2D eigenvalue weighted by Crippen LogP contribution is -2.40. The molecule has 204 valence electrons. The normalized spacial score (nSPS) is 19.6. The van der Waals surface area contributed by atoms with Gasteiger partial charge in [-0.2, -0.15) is 8.78 Å². The van der Waals surface area contributed by atoms with E-state index in [9.17, 15) is 26.4 Å². The number of carboxylic acid groups (broad SMARTS) is 1. The van der Waals surface area contributed by atoms with Crippen LogP contribution >= 0.6 is 11.8 Å². The number of anilines is 2. The monoisotopic (exact) mass is 567 g/mol. The minimum absolute atomic E-state index is 0.115. The van der Waals surface area contributed by atoms with Gasteiger partial charge in [0.2, 0.25) is 15.8 Å². The number of thioether (sulfide) groups is 1. The third-order valence-electron chi connectivity index (χ3n) is 6.04. The molecule has 0 bridgehead atoms. The molecule has 3 rings (SSSR count). The number of hydrogen-bond acceptors (Lipinski definition) is 6. The predicted octanol–water partition coefficient (Wildman–Crippen LogP) is 6.22. The second-order valence-corrected chi connectivity index (χ2v) is 11.8. The molecule has 0 saturated heterocycles. The van der Waals surface area contributed by atoms with Crippen LogP contribution < -0.4 is 9.64 Å². The fourth-order valence-corrected chi connectivity index (χ4v) is 6.04. The van der Waals surface area contributed by atoms with Crippen LogP contribution in [0, 0.1) is 17.7 Å². The first-order valence-electron chi connectivity index (χ1n) is 11.2. The Morgan fingerprint density at radius 3 is 2.43 bits per heavy atom. The smallest absolute Gasteiger partial charge is 0.354 e. The van der Waals surface area contributed by atoms with Crippen LogP contribution in [0.4, 0.5) is 33.3 Å². The number of carboxylic acids is 1. The molecule has 0 aromatic heterocycles. The van der Waals surface area contributed by atoms with Gasteiger partial charge in [-0.05, 0) is 56.9 Å². The number of nitrogens with zero attached hydrogens (tertiary/aromatic N) is 1. The summed E-state index contributed by atoms with van der Waals surface area (Å²) < 4.78 is 104. The van der Waals surface area contributed by atoms with Gasteiger partial charge in [-0.25, -0.2) is 21.6 Å². The summed E-state index contributed by atoms with van der Waals surface area (Å²) in [6, 6.07) is 6.92. The van der Waals surface area contributed by atoms with Gasteiger partial charge in [-0.1, -0.05) is 0 Å². The van der Waals surface area contributed by atoms with Crippen LogP contribution in [0.5, 0.6) is 5.75 Å². The van der Waals surface area contributed by atoms with Crippen molar-refractivity contribution in [1.82, 2.24) is 0 Å². The molecule has 1 N–H and O–H groups in total. The number of carbonyl (C=O) groups is 1. The van der Waals surface area contributed by atoms with E-state index in [1.54, 1.807) is 6.26 Å². The maximum atomic E-state index is 15.6. The summed E-state index contributed by atoms with van der Waals surface area (Å²) in [5.41, 5.74) is 0.0315. The Bertz CT molecular complexity index is 1250. The third-order valence-corrected chi connectivity index (χ3v) is 8.76. The van der Waals surface area contributed by atoms with E-state index in [0.717, 1.165) is 30.0 Å². The lowest BCUT2D eigenvalue weighted by molar-refractivity contribution is -0.142. The molecule has 0 spiro atoms. The molecule has 37 heavy (non-hydrogen) atoms. The van der Waals surface area contributed by atoms with Gasteiger partial charge in [0.15, 0.2) is 0 Å². The zero-order chi connectivity index (χ0) is 27.8. The zero-order valence-electron chi connectivity index (χ0n) is 20.2. The van der Waals surface area contributed by atoms with Gasteiger partial charge in [0.05, 0.1) is 22.4 Å². The van der Waals surface area contributed by atoms with E-state index >= 15 is 8.78 Å². The fourth-order valence-electron chi connectivity index (χ4n) is 3.86. The summed E-state index contributed by atoms with van der Waals surface area (Å²) >= 11 is 1.11. The molecule has 0 saturated carbocycles. The molecule has 2 atom stereocenters. The minimum Gasteiger partial charge on any atom is -0.491 e. The summed E-state index contributed by atoms with van der Waals surface area (Å²) in [5, 5.41) is 4.70. The van der Waals surface area contributed by atoms with E-state index in [1.165, 1.54) is 30.0 Å². The van der Waals surface area contributed by atoms with E-state index in [2.05, 4.69) is 0 Å². The Kier molecular flexibility index (Phi) is 8.38. The largest absolute Gasteiger partial charge is 0.491 e. The topological polar surface area (TPSA) is 83.9 Å². The standard InChI is InChI=1S/C24H26F5NO5S2/c1-14(22(31)32)13-35-19-11-21-18(10-20(19)36-3)30(17-6-4-16(25)5-7-17)12-15(8-9-23(2,26)27)24(28,29)37(21,33)34/h4-7,10-11,14-15H,8-9,12-13H2,1-3H3,(H,31,32)/t14-,15-/m1/s1. The summed E-state index contributed by atoms with van der Waals surface area (Å²) in [5.74, 6) is -8.18. The average Bonchev–Trinajstić information content (AvgIpc) is 2.87.